The monoisotopic (exact) mass is 544 g/mol. The molecule has 2 aliphatic heterocycles. The summed E-state index contributed by atoms with van der Waals surface area (Å²) in [5, 5.41) is 14.2. The Morgan fingerprint density at radius 2 is 1.79 bits per heavy atom. The smallest absolute Gasteiger partial charge is 0.220 e. The van der Waals surface area contributed by atoms with Crippen LogP contribution in [0.2, 0.25) is 0 Å². The fraction of sp³-hybridized carbons (Fsp3) is 0.533. The number of carbonyl (C=O) groups is 2. The normalized spacial score (nSPS) is 18.1. The Kier molecular flexibility index (Phi) is 11.6. The van der Waals surface area contributed by atoms with E-state index < -0.39 is 18.3 Å². The molecule has 2 heterocycles. The zero-order valence-electron chi connectivity index (χ0n) is 21.9. The Bertz CT molecular complexity index is 1080. The summed E-state index contributed by atoms with van der Waals surface area (Å²) in [4.78, 5) is 27.1. The summed E-state index contributed by atoms with van der Waals surface area (Å²) in [5.41, 5.74) is 1.25. The van der Waals surface area contributed by atoms with Crippen LogP contribution in [0.3, 0.4) is 0 Å². The van der Waals surface area contributed by atoms with Gasteiger partial charge in [-0.2, -0.15) is 0 Å². The highest BCUT2D eigenvalue weighted by Gasteiger charge is 2.30. The number of likely N-dealkylation sites (tertiary alicyclic amines) is 1. The molecule has 0 aliphatic carbocycles. The summed E-state index contributed by atoms with van der Waals surface area (Å²) < 4.78 is 30.1. The van der Waals surface area contributed by atoms with Crippen LogP contribution < -0.4 is 19.5 Å². The number of Topliss-reactive ketones (excluding diaryl/α,β-unsaturated/α-hetero) is 1. The van der Waals surface area contributed by atoms with E-state index in [9.17, 15) is 19.1 Å². The number of carbonyl (C=O) groups excluding carboxylic acids is 2. The highest BCUT2D eigenvalue weighted by atomic mass is 19.1. The van der Waals surface area contributed by atoms with Crippen LogP contribution >= 0.6 is 0 Å². The Labute approximate surface area is 230 Å². The predicted octanol–water partition coefficient (Wildman–Crippen LogP) is 4.50. The lowest BCUT2D eigenvalue weighted by molar-refractivity contribution is -0.123. The summed E-state index contributed by atoms with van der Waals surface area (Å²) in [7, 11) is 1.58. The average molecular weight is 545 g/mol. The van der Waals surface area contributed by atoms with Gasteiger partial charge in [0, 0.05) is 38.0 Å². The standard InChI is InChI=1S/C29H37FN2O6.CH4/c1-36-23-10-7-20(8-11-23)25(33)5-3-2-4-6-28(34)31-24(19-32-14-13-22(30)18-32)29(35)21-9-12-26-27(17-21)38-16-15-37-26;/h7-12,17,22,24,29,35H,2-6,13-16,18-19H2,1H3,(H,31,34);1H4/t22-,24-,29-;/m1./s1. The number of halogens is 1. The summed E-state index contributed by atoms with van der Waals surface area (Å²) >= 11 is 0. The van der Waals surface area contributed by atoms with Crippen LogP contribution in [0.25, 0.3) is 0 Å². The molecule has 214 valence electrons. The summed E-state index contributed by atoms with van der Waals surface area (Å²) in [6.45, 7) is 2.14. The molecule has 0 radical (unpaired) electrons. The average Bonchev–Trinajstić information content (AvgIpc) is 3.36. The second-order valence-corrected chi connectivity index (χ2v) is 9.88. The van der Waals surface area contributed by atoms with Crippen molar-refractivity contribution in [3.8, 4) is 17.2 Å². The van der Waals surface area contributed by atoms with Gasteiger partial charge in [-0.1, -0.05) is 19.9 Å². The third-order valence-electron chi connectivity index (χ3n) is 7.02. The van der Waals surface area contributed by atoms with Gasteiger partial charge >= 0.3 is 0 Å². The highest BCUT2D eigenvalue weighted by molar-refractivity contribution is 5.96. The van der Waals surface area contributed by atoms with Crippen LogP contribution in [-0.2, 0) is 4.79 Å². The molecule has 0 saturated carbocycles. The van der Waals surface area contributed by atoms with Crippen molar-refractivity contribution in [3.63, 3.8) is 0 Å². The minimum absolute atomic E-state index is 0. The van der Waals surface area contributed by atoms with Gasteiger partial charge in [0.25, 0.3) is 0 Å². The molecule has 1 amide bonds. The summed E-state index contributed by atoms with van der Waals surface area (Å²) in [6, 6.07) is 11.7. The lowest BCUT2D eigenvalue weighted by atomic mass is 10.00. The third-order valence-corrected chi connectivity index (χ3v) is 7.02. The first-order chi connectivity index (χ1) is 18.4. The van der Waals surface area contributed by atoms with Gasteiger partial charge in [0.2, 0.25) is 5.91 Å². The Morgan fingerprint density at radius 3 is 2.49 bits per heavy atom. The number of hydrogen-bond donors (Lipinski definition) is 2. The van der Waals surface area contributed by atoms with E-state index >= 15 is 0 Å². The quantitative estimate of drug-likeness (QED) is 0.283. The molecule has 39 heavy (non-hydrogen) atoms. The zero-order valence-corrected chi connectivity index (χ0v) is 21.9. The third kappa shape index (κ3) is 8.66. The van der Waals surface area contributed by atoms with E-state index in [-0.39, 0.29) is 25.5 Å². The molecule has 0 unspecified atom stereocenters. The number of fused-ring (bicyclic) bond motifs is 1. The Hall–Kier alpha value is -3.17. The van der Waals surface area contributed by atoms with Crippen molar-refractivity contribution >= 4 is 11.7 Å². The van der Waals surface area contributed by atoms with Gasteiger partial charge in [-0.15, -0.1) is 0 Å². The largest absolute Gasteiger partial charge is 0.497 e. The number of hydrogen-bond acceptors (Lipinski definition) is 7. The van der Waals surface area contributed by atoms with Crippen molar-refractivity contribution in [1.82, 2.24) is 10.2 Å². The fourth-order valence-electron chi connectivity index (χ4n) is 4.88. The first-order valence-electron chi connectivity index (χ1n) is 13.3. The molecule has 4 rings (SSSR count). The van der Waals surface area contributed by atoms with Crippen LogP contribution in [0.15, 0.2) is 42.5 Å². The first-order valence-corrected chi connectivity index (χ1v) is 13.3. The zero-order chi connectivity index (χ0) is 26.9. The molecule has 2 aromatic carbocycles. The van der Waals surface area contributed by atoms with Crippen LogP contribution in [0.5, 0.6) is 17.2 Å². The predicted molar refractivity (Wildman–Crippen MR) is 147 cm³/mol. The van der Waals surface area contributed by atoms with Crippen LogP contribution in [0.1, 0.15) is 68.0 Å². The van der Waals surface area contributed by atoms with E-state index in [4.69, 9.17) is 14.2 Å². The van der Waals surface area contributed by atoms with Gasteiger partial charge in [0.15, 0.2) is 17.3 Å². The van der Waals surface area contributed by atoms with Gasteiger partial charge in [-0.3, -0.25) is 14.5 Å². The maximum Gasteiger partial charge on any atom is 0.220 e. The number of ether oxygens (including phenoxy) is 3. The minimum atomic E-state index is -0.990. The van der Waals surface area contributed by atoms with Crippen LogP contribution in [0.4, 0.5) is 4.39 Å². The number of rotatable bonds is 13. The van der Waals surface area contributed by atoms with Gasteiger partial charge < -0.3 is 24.6 Å². The number of nitrogens with zero attached hydrogens (tertiary/aromatic N) is 1. The molecular weight excluding hydrogens is 503 g/mol. The van der Waals surface area contributed by atoms with E-state index in [1.165, 1.54) is 0 Å². The van der Waals surface area contributed by atoms with Gasteiger partial charge in [0.1, 0.15) is 31.2 Å². The minimum Gasteiger partial charge on any atom is -0.497 e. The Balaban J connectivity index is 0.00000420. The van der Waals surface area contributed by atoms with Crippen molar-refractivity contribution in [2.45, 2.75) is 64.3 Å². The van der Waals surface area contributed by atoms with E-state index in [2.05, 4.69) is 5.32 Å². The number of ketones is 1. The van der Waals surface area contributed by atoms with E-state index in [0.29, 0.717) is 86.9 Å². The topological polar surface area (TPSA) is 97.3 Å². The molecular formula is C30H41FN2O6. The van der Waals surface area contributed by atoms with Gasteiger partial charge in [-0.25, -0.2) is 4.39 Å². The van der Waals surface area contributed by atoms with E-state index in [1.807, 2.05) is 4.90 Å². The van der Waals surface area contributed by atoms with Gasteiger partial charge in [-0.05, 0) is 61.2 Å². The molecule has 0 spiro atoms. The number of aliphatic hydroxyl groups excluding tert-OH is 1. The lowest BCUT2D eigenvalue weighted by Crippen LogP contribution is -2.46. The van der Waals surface area contributed by atoms with E-state index in [0.717, 1.165) is 6.42 Å². The van der Waals surface area contributed by atoms with Crippen molar-refractivity contribution in [3.05, 3.63) is 53.6 Å². The molecule has 0 aromatic heterocycles. The number of unbranched alkanes of at least 4 members (excludes halogenated alkanes) is 2. The highest BCUT2D eigenvalue weighted by Crippen LogP contribution is 2.33. The first kappa shape index (κ1) is 30.4. The van der Waals surface area contributed by atoms with E-state index in [1.54, 1.807) is 49.6 Å². The molecule has 8 nitrogen and oxygen atoms in total. The van der Waals surface area contributed by atoms with Crippen molar-refractivity contribution in [2.24, 2.45) is 0 Å². The lowest BCUT2D eigenvalue weighted by Gasteiger charge is -2.29. The fourth-order valence-corrected chi connectivity index (χ4v) is 4.88. The number of amides is 1. The molecule has 0 bridgehead atoms. The molecule has 2 aromatic rings. The number of methoxy groups -OCH3 is 1. The number of nitrogens with one attached hydrogen (secondary N) is 1. The molecule has 3 atom stereocenters. The summed E-state index contributed by atoms with van der Waals surface area (Å²) in [5.74, 6) is 1.78. The van der Waals surface area contributed by atoms with Crippen molar-refractivity contribution in [2.75, 3.05) is 40.0 Å². The SMILES string of the molecule is C.COc1ccc(C(=O)CCCCCC(=O)N[C@H](CN2CC[C@@H](F)C2)[C@H](O)c2ccc3c(c2)OCCO3)cc1. The second kappa shape index (κ2) is 14.8. The molecule has 2 aliphatic rings. The Morgan fingerprint density at radius 1 is 1.08 bits per heavy atom. The maximum absolute atomic E-state index is 13.8. The van der Waals surface area contributed by atoms with Crippen LogP contribution in [-0.4, -0.2) is 73.9 Å². The number of alkyl halides is 1. The molecule has 1 saturated heterocycles. The number of aliphatic hydroxyl groups is 1. The van der Waals surface area contributed by atoms with Crippen molar-refractivity contribution < 1.29 is 33.3 Å². The van der Waals surface area contributed by atoms with Crippen LogP contribution in [0, 0.1) is 0 Å². The second-order valence-electron chi connectivity index (χ2n) is 9.88. The maximum atomic E-state index is 13.8. The van der Waals surface area contributed by atoms with Crippen molar-refractivity contribution in [1.29, 1.82) is 0 Å². The summed E-state index contributed by atoms with van der Waals surface area (Å²) in [6.07, 6.45) is 1.33. The molecule has 2 N–H and O–H groups in total. The van der Waals surface area contributed by atoms with Gasteiger partial charge in [0.05, 0.1) is 13.2 Å². The molecule has 1 fully saturated rings. The number of benzene rings is 2. The molecule has 9 heteroatoms.